The van der Waals surface area contributed by atoms with Crippen LogP contribution in [0.3, 0.4) is 0 Å². The highest BCUT2D eigenvalue weighted by Gasteiger charge is 2.19. The molecule has 1 unspecified atom stereocenters. The summed E-state index contributed by atoms with van der Waals surface area (Å²) in [6, 6.07) is 16.6. The number of amides is 1. The van der Waals surface area contributed by atoms with Crippen molar-refractivity contribution in [2.75, 3.05) is 51.8 Å². The van der Waals surface area contributed by atoms with Gasteiger partial charge in [0.2, 0.25) is 0 Å². The van der Waals surface area contributed by atoms with Crippen LogP contribution in [0, 0.1) is 6.92 Å². The molecule has 1 aliphatic rings. The minimum absolute atomic E-state index is 0.0619. The molecule has 1 fully saturated rings. The van der Waals surface area contributed by atoms with E-state index in [9.17, 15) is 4.79 Å². The molecular weight excluding hydrogens is 420 g/mol. The van der Waals surface area contributed by atoms with Crippen molar-refractivity contribution in [2.45, 2.75) is 17.9 Å². The highest BCUT2D eigenvalue weighted by Crippen LogP contribution is 2.26. The highest BCUT2D eigenvalue weighted by molar-refractivity contribution is 7.99. The third kappa shape index (κ3) is 5.85. The summed E-state index contributed by atoms with van der Waals surface area (Å²) < 4.78 is 5.50. The third-order valence-electron chi connectivity index (χ3n) is 5.77. The monoisotopic (exact) mass is 452 g/mol. The van der Waals surface area contributed by atoms with Crippen LogP contribution in [0.2, 0.25) is 0 Å². The summed E-state index contributed by atoms with van der Waals surface area (Å²) in [5.74, 6) is 0.872. The van der Waals surface area contributed by atoms with Gasteiger partial charge < -0.3 is 20.4 Å². The Morgan fingerprint density at radius 3 is 2.72 bits per heavy atom. The number of fused-ring (bicyclic) bond motifs is 1. The van der Waals surface area contributed by atoms with Gasteiger partial charge in [0.05, 0.1) is 24.4 Å². The SMILES string of the molecule is CNc1cc(C)cc2cc(C(=O)NCC(CN3CCOCC3)SCc3ccccc3)[nH]c12. The maximum Gasteiger partial charge on any atom is 0.267 e. The Morgan fingerprint density at radius 1 is 1.19 bits per heavy atom. The second-order valence-electron chi connectivity index (χ2n) is 8.25. The molecule has 1 saturated heterocycles. The number of carbonyl (C=O) groups is 1. The van der Waals surface area contributed by atoms with Gasteiger partial charge in [0.15, 0.2) is 0 Å². The van der Waals surface area contributed by atoms with Crippen molar-refractivity contribution in [2.24, 2.45) is 0 Å². The zero-order valence-corrected chi connectivity index (χ0v) is 19.6. The summed E-state index contributed by atoms with van der Waals surface area (Å²) in [7, 11) is 1.90. The van der Waals surface area contributed by atoms with E-state index in [2.05, 4.69) is 63.8 Å². The van der Waals surface area contributed by atoms with Gasteiger partial charge in [-0.2, -0.15) is 11.8 Å². The number of H-pyrrole nitrogens is 1. The fourth-order valence-electron chi connectivity index (χ4n) is 4.05. The lowest BCUT2D eigenvalue weighted by molar-refractivity contribution is 0.0381. The third-order valence-corrected chi connectivity index (χ3v) is 7.06. The number of nitrogens with one attached hydrogen (secondary N) is 3. The molecule has 7 heteroatoms. The normalized spacial score (nSPS) is 15.6. The minimum Gasteiger partial charge on any atom is -0.386 e. The lowest BCUT2D eigenvalue weighted by Crippen LogP contribution is -2.43. The molecule has 3 aromatic rings. The van der Waals surface area contributed by atoms with Gasteiger partial charge in [0.1, 0.15) is 5.69 Å². The summed E-state index contributed by atoms with van der Waals surface area (Å²) >= 11 is 1.90. The molecule has 1 aliphatic heterocycles. The highest BCUT2D eigenvalue weighted by atomic mass is 32.2. The fourth-order valence-corrected chi connectivity index (χ4v) is 5.19. The number of thioether (sulfide) groups is 1. The Morgan fingerprint density at radius 2 is 1.97 bits per heavy atom. The number of carbonyl (C=O) groups excluding carboxylic acids is 1. The molecule has 1 amide bonds. The van der Waals surface area contributed by atoms with Crippen molar-refractivity contribution in [3.63, 3.8) is 0 Å². The van der Waals surface area contributed by atoms with Crippen LogP contribution in [-0.2, 0) is 10.5 Å². The van der Waals surface area contributed by atoms with Gasteiger partial charge in [-0.1, -0.05) is 30.3 Å². The number of hydrogen-bond acceptors (Lipinski definition) is 5. The smallest absolute Gasteiger partial charge is 0.267 e. The van der Waals surface area contributed by atoms with Crippen LogP contribution in [0.1, 0.15) is 21.6 Å². The van der Waals surface area contributed by atoms with Crippen molar-refractivity contribution in [3.05, 3.63) is 65.4 Å². The first-order valence-corrected chi connectivity index (χ1v) is 12.2. The first kappa shape index (κ1) is 22.7. The Hall–Kier alpha value is -2.48. The number of aromatic nitrogens is 1. The van der Waals surface area contributed by atoms with E-state index in [4.69, 9.17) is 4.74 Å². The number of ether oxygens (including phenoxy) is 1. The van der Waals surface area contributed by atoms with E-state index in [0.717, 1.165) is 60.8 Å². The van der Waals surface area contributed by atoms with E-state index in [1.165, 1.54) is 5.56 Å². The van der Waals surface area contributed by atoms with Gasteiger partial charge in [-0.25, -0.2) is 0 Å². The quantitative estimate of drug-likeness (QED) is 0.460. The molecule has 1 atom stereocenters. The van der Waals surface area contributed by atoms with Gasteiger partial charge in [0.25, 0.3) is 5.91 Å². The van der Waals surface area contributed by atoms with Crippen LogP contribution in [0.25, 0.3) is 10.9 Å². The van der Waals surface area contributed by atoms with Crippen LogP contribution in [0.15, 0.2) is 48.5 Å². The standard InChI is InChI=1S/C25H32N4O2S/c1-18-12-20-14-23(28-24(20)22(13-18)26-2)25(30)27-15-21(16-29-8-10-31-11-9-29)32-17-19-6-4-3-5-7-19/h3-7,12-14,21,26,28H,8-11,15-17H2,1-2H3,(H,27,30). The van der Waals surface area contributed by atoms with Crippen molar-refractivity contribution < 1.29 is 9.53 Å². The Balaban J connectivity index is 1.41. The first-order chi connectivity index (χ1) is 15.6. The average Bonchev–Trinajstić information content (AvgIpc) is 3.25. The number of aryl methyl sites for hydroxylation is 1. The fraction of sp³-hybridized carbons (Fsp3) is 0.400. The van der Waals surface area contributed by atoms with Gasteiger partial charge >= 0.3 is 0 Å². The van der Waals surface area contributed by atoms with E-state index >= 15 is 0 Å². The Labute approximate surface area is 194 Å². The molecule has 170 valence electrons. The van der Waals surface area contributed by atoms with Gasteiger partial charge in [-0.15, -0.1) is 0 Å². The summed E-state index contributed by atoms with van der Waals surface area (Å²) in [4.78, 5) is 18.7. The number of aromatic amines is 1. The largest absolute Gasteiger partial charge is 0.386 e. The predicted octanol–water partition coefficient (Wildman–Crippen LogP) is 3.88. The predicted molar refractivity (Wildman–Crippen MR) is 134 cm³/mol. The summed E-state index contributed by atoms with van der Waals surface area (Å²) in [6.45, 7) is 7.09. The molecule has 1 aromatic heterocycles. The van der Waals surface area contributed by atoms with Gasteiger partial charge in [-0.3, -0.25) is 9.69 Å². The Bertz CT molecular complexity index is 1030. The average molecular weight is 453 g/mol. The number of morpholine rings is 1. The van der Waals surface area contributed by atoms with Crippen LogP contribution in [0.5, 0.6) is 0 Å². The molecule has 4 rings (SSSR count). The summed E-state index contributed by atoms with van der Waals surface area (Å²) in [5.41, 5.74) is 5.03. The Kier molecular flexibility index (Phi) is 7.73. The van der Waals surface area contributed by atoms with Crippen molar-refractivity contribution >= 4 is 34.3 Å². The number of anilines is 1. The number of hydrogen-bond donors (Lipinski definition) is 3. The van der Waals surface area contributed by atoms with E-state index in [0.29, 0.717) is 17.5 Å². The molecule has 6 nitrogen and oxygen atoms in total. The summed E-state index contributed by atoms with van der Waals surface area (Å²) in [5, 5.41) is 7.72. The molecule has 0 spiro atoms. The maximum absolute atomic E-state index is 13.0. The van der Waals surface area contributed by atoms with Crippen LogP contribution < -0.4 is 10.6 Å². The van der Waals surface area contributed by atoms with Crippen molar-refractivity contribution in [3.8, 4) is 0 Å². The van der Waals surface area contributed by atoms with E-state index in [1.54, 1.807) is 0 Å². The van der Waals surface area contributed by atoms with E-state index < -0.39 is 0 Å². The zero-order valence-electron chi connectivity index (χ0n) is 18.8. The second kappa shape index (κ2) is 10.9. The summed E-state index contributed by atoms with van der Waals surface area (Å²) in [6.07, 6.45) is 0. The molecule has 0 bridgehead atoms. The lowest BCUT2D eigenvalue weighted by Gasteiger charge is -2.30. The molecule has 0 aliphatic carbocycles. The molecule has 3 N–H and O–H groups in total. The van der Waals surface area contributed by atoms with E-state index in [1.807, 2.05) is 30.9 Å². The molecular formula is C25H32N4O2S. The molecule has 0 saturated carbocycles. The second-order valence-corrected chi connectivity index (χ2v) is 9.54. The molecule has 2 aromatic carbocycles. The lowest BCUT2D eigenvalue weighted by atomic mass is 10.1. The minimum atomic E-state index is -0.0619. The van der Waals surface area contributed by atoms with Gasteiger partial charge in [-0.05, 0) is 36.2 Å². The van der Waals surface area contributed by atoms with Crippen LogP contribution >= 0.6 is 11.8 Å². The van der Waals surface area contributed by atoms with Gasteiger partial charge in [0, 0.05) is 49.6 Å². The first-order valence-electron chi connectivity index (χ1n) is 11.2. The maximum atomic E-state index is 13.0. The number of rotatable bonds is 9. The van der Waals surface area contributed by atoms with Crippen LogP contribution in [0.4, 0.5) is 5.69 Å². The topological polar surface area (TPSA) is 69.4 Å². The van der Waals surface area contributed by atoms with Crippen molar-refractivity contribution in [1.82, 2.24) is 15.2 Å². The molecule has 0 radical (unpaired) electrons. The number of nitrogens with zero attached hydrogens (tertiary/aromatic N) is 1. The number of benzene rings is 2. The zero-order chi connectivity index (χ0) is 22.3. The van der Waals surface area contributed by atoms with E-state index in [-0.39, 0.29) is 5.91 Å². The molecule has 2 heterocycles. The van der Waals surface area contributed by atoms with Crippen molar-refractivity contribution in [1.29, 1.82) is 0 Å². The molecule has 32 heavy (non-hydrogen) atoms. The van der Waals surface area contributed by atoms with Crippen LogP contribution in [-0.4, -0.2) is 67.5 Å².